The maximum Gasteiger partial charge on any atom is 0.380 e. The summed E-state index contributed by atoms with van der Waals surface area (Å²) in [5, 5.41) is 5.07. The Balaban J connectivity index is 1.69. The molecule has 1 aromatic carbocycles. The van der Waals surface area contributed by atoms with Crippen molar-refractivity contribution in [2.75, 3.05) is 14.2 Å². The Hall–Kier alpha value is -1.31. The van der Waals surface area contributed by atoms with E-state index in [9.17, 15) is 8.42 Å². The minimum Gasteiger partial charge on any atom is -0.493 e. The fourth-order valence-electron chi connectivity index (χ4n) is 6.71. The molecule has 4 rings (SSSR count). The van der Waals surface area contributed by atoms with Gasteiger partial charge >= 0.3 is 10.3 Å². The van der Waals surface area contributed by atoms with Gasteiger partial charge in [0.1, 0.15) is 0 Å². The smallest absolute Gasteiger partial charge is 0.380 e. The Bertz CT molecular complexity index is 855. The van der Waals surface area contributed by atoms with Crippen molar-refractivity contribution >= 4 is 10.3 Å². The molecule has 0 amide bonds. The predicted octanol–water partition coefficient (Wildman–Crippen LogP) is 3.54. The second-order valence-corrected chi connectivity index (χ2v) is 9.77. The molecule has 0 heterocycles. The first kappa shape index (κ1) is 20.0. The van der Waals surface area contributed by atoms with Crippen LogP contribution in [-0.2, 0) is 21.5 Å². The number of methoxy groups -OCH3 is 2. The van der Waals surface area contributed by atoms with Crippen LogP contribution in [0.25, 0.3) is 0 Å². The molecule has 0 saturated heterocycles. The van der Waals surface area contributed by atoms with Gasteiger partial charge in [0.2, 0.25) is 0 Å². The Labute approximate surface area is 168 Å². The van der Waals surface area contributed by atoms with Crippen molar-refractivity contribution < 1.29 is 22.1 Å². The van der Waals surface area contributed by atoms with Crippen molar-refractivity contribution in [3.05, 3.63) is 23.3 Å². The lowest BCUT2D eigenvalue weighted by Gasteiger charge is -2.52. The quantitative estimate of drug-likeness (QED) is 0.804. The number of hydrogen-bond donors (Lipinski definition) is 1. The molecule has 2 N–H and O–H groups in total. The second-order valence-electron chi connectivity index (χ2n) is 8.62. The number of ether oxygens (including phenoxy) is 2. The summed E-state index contributed by atoms with van der Waals surface area (Å²) in [6.07, 6.45) is 8.34. The second kappa shape index (κ2) is 7.18. The summed E-state index contributed by atoms with van der Waals surface area (Å²) in [4.78, 5) is 0. The van der Waals surface area contributed by atoms with Crippen LogP contribution in [0, 0.1) is 17.3 Å². The van der Waals surface area contributed by atoms with Gasteiger partial charge in [0.25, 0.3) is 0 Å². The largest absolute Gasteiger partial charge is 0.493 e. The average Bonchev–Trinajstić information content (AvgIpc) is 3.05. The Morgan fingerprint density at radius 1 is 1.14 bits per heavy atom. The summed E-state index contributed by atoms with van der Waals surface area (Å²) in [7, 11) is -0.691. The lowest BCUT2D eigenvalue weighted by atomic mass is 9.54. The standard InChI is InChI=1S/C21H31NO5S/c1-4-21-10-9-14-15(17(21)7-8-20(21)26-3)6-5-13-11-19(27-28(22,23)24)18(25-2)12-16(13)14/h11-12,14-15,17,20H,4-10H2,1-3H3,(H2,22,23,24)/t14?,15?,17?,20-,21-/m0/s1. The SMILES string of the molecule is CC[C@]12CCC3c4cc(OC)c(OS(N)(=O)=O)cc4CCC3C1CC[C@@H]2OC. The normalized spacial score (nSPS) is 34.3. The summed E-state index contributed by atoms with van der Waals surface area (Å²) in [5.41, 5.74) is 2.76. The Morgan fingerprint density at radius 3 is 2.57 bits per heavy atom. The molecule has 28 heavy (non-hydrogen) atoms. The molecule has 0 aliphatic heterocycles. The molecule has 3 aliphatic carbocycles. The van der Waals surface area contributed by atoms with Crippen LogP contribution in [0.2, 0.25) is 0 Å². The molecule has 0 bridgehead atoms. The summed E-state index contributed by atoms with van der Waals surface area (Å²) < 4.78 is 39.1. The fraction of sp³-hybridized carbons (Fsp3) is 0.714. The molecule has 6 nitrogen and oxygen atoms in total. The summed E-state index contributed by atoms with van der Waals surface area (Å²) >= 11 is 0. The third-order valence-corrected chi connectivity index (χ3v) is 8.21. The number of hydrogen-bond acceptors (Lipinski definition) is 5. The van der Waals surface area contributed by atoms with Gasteiger partial charge in [-0.3, -0.25) is 0 Å². The number of fused-ring (bicyclic) bond motifs is 5. The van der Waals surface area contributed by atoms with Crippen molar-refractivity contribution in [3.8, 4) is 11.5 Å². The molecule has 0 radical (unpaired) electrons. The highest BCUT2D eigenvalue weighted by Gasteiger charge is 2.56. The van der Waals surface area contributed by atoms with E-state index in [1.165, 1.54) is 31.9 Å². The molecule has 0 spiro atoms. The van der Waals surface area contributed by atoms with E-state index in [0.29, 0.717) is 35.0 Å². The van der Waals surface area contributed by atoms with Gasteiger partial charge in [-0.2, -0.15) is 13.6 Å². The Kier molecular flexibility index (Phi) is 5.13. The van der Waals surface area contributed by atoms with Crippen molar-refractivity contribution in [1.82, 2.24) is 0 Å². The number of nitrogens with two attached hydrogens (primary N) is 1. The first-order valence-corrected chi connectivity index (χ1v) is 11.8. The number of rotatable bonds is 5. The summed E-state index contributed by atoms with van der Waals surface area (Å²) in [6, 6.07) is 3.79. The highest BCUT2D eigenvalue weighted by atomic mass is 32.2. The summed E-state index contributed by atoms with van der Waals surface area (Å²) in [6.45, 7) is 2.32. The first-order chi connectivity index (χ1) is 13.3. The van der Waals surface area contributed by atoms with Gasteiger partial charge in [-0.25, -0.2) is 0 Å². The van der Waals surface area contributed by atoms with Gasteiger partial charge in [0.05, 0.1) is 13.2 Å². The van der Waals surface area contributed by atoms with Crippen LogP contribution in [0.15, 0.2) is 12.1 Å². The molecule has 1 aromatic rings. The van der Waals surface area contributed by atoms with Crippen molar-refractivity contribution in [3.63, 3.8) is 0 Å². The van der Waals surface area contributed by atoms with E-state index in [4.69, 9.17) is 18.8 Å². The van der Waals surface area contributed by atoms with Gasteiger partial charge < -0.3 is 13.7 Å². The molecular weight excluding hydrogens is 378 g/mol. The predicted molar refractivity (Wildman–Crippen MR) is 107 cm³/mol. The van der Waals surface area contributed by atoms with Gasteiger partial charge in [0.15, 0.2) is 11.5 Å². The molecular formula is C21H31NO5S. The van der Waals surface area contributed by atoms with Crippen LogP contribution in [0.5, 0.6) is 11.5 Å². The van der Waals surface area contributed by atoms with Crippen molar-refractivity contribution in [2.24, 2.45) is 22.4 Å². The minimum atomic E-state index is -4.09. The van der Waals surface area contributed by atoms with Crippen LogP contribution in [0.1, 0.15) is 62.5 Å². The van der Waals surface area contributed by atoms with E-state index in [1.807, 2.05) is 19.2 Å². The van der Waals surface area contributed by atoms with E-state index in [1.54, 1.807) is 0 Å². The van der Waals surface area contributed by atoms with Crippen LogP contribution >= 0.6 is 0 Å². The zero-order valence-corrected chi connectivity index (χ0v) is 17.8. The first-order valence-electron chi connectivity index (χ1n) is 10.3. The van der Waals surface area contributed by atoms with E-state index < -0.39 is 10.3 Å². The van der Waals surface area contributed by atoms with Crippen LogP contribution in [0.3, 0.4) is 0 Å². The summed E-state index contributed by atoms with van der Waals surface area (Å²) in [5.74, 6) is 2.45. The van der Waals surface area contributed by atoms with Crippen molar-refractivity contribution in [2.45, 2.75) is 63.9 Å². The zero-order chi connectivity index (χ0) is 20.1. The molecule has 7 heteroatoms. The molecule has 0 aromatic heterocycles. The van der Waals surface area contributed by atoms with Gasteiger partial charge in [-0.15, -0.1) is 0 Å². The third kappa shape index (κ3) is 3.12. The lowest BCUT2D eigenvalue weighted by Crippen LogP contribution is -2.46. The third-order valence-electron chi connectivity index (χ3n) is 7.79. The number of aryl methyl sites for hydroxylation is 1. The van der Waals surface area contributed by atoms with Crippen molar-refractivity contribution in [1.29, 1.82) is 0 Å². The van der Waals surface area contributed by atoms with Crippen LogP contribution < -0.4 is 14.1 Å². The minimum absolute atomic E-state index is 0.182. The van der Waals surface area contributed by atoms with E-state index >= 15 is 0 Å². The highest BCUT2D eigenvalue weighted by molar-refractivity contribution is 7.84. The Morgan fingerprint density at radius 2 is 1.93 bits per heavy atom. The van der Waals surface area contributed by atoms with E-state index in [2.05, 4.69) is 6.92 Å². The molecule has 2 fully saturated rings. The lowest BCUT2D eigenvalue weighted by molar-refractivity contribution is -0.0592. The molecule has 156 valence electrons. The van der Waals surface area contributed by atoms with Crippen LogP contribution in [0.4, 0.5) is 0 Å². The zero-order valence-electron chi connectivity index (χ0n) is 16.9. The fourth-order valence-corrected chi connectivity index (χ4v) is 7.09. The number of benzene rings is 1. The maximum absolute atomic E-state index is 11.4. The van der Waals surface area contributed by atoms with Gasteiger partial charge in [0, 0.05) is 7.11 Å². The molecule has 3 unspecified atom stereocenters. The average molecular weight is 410 g/mol. The molecule has 2 saturated carbocycles. The highest BCUT2D eigenvalue weighted by Crippen LogP contribution is 2.63. The topological polar surface area (TPSA) is 87.9 Å². The molecule has 5 atom stereocenters. The van der Waals surface area contributed by atoms with Gasteiger partial charge in [-0.05, 0) is 91.4 Å². The molecule has 3 aliphatic rings. The monoisotopic (exact) mass is 409 g/mol. The maximum atomic E-state index is 11.4. The van der Waals surface area contributed by atoms with E-state index in [-0.39, 0.29) is 5.75 Å². The van der Waals surface area contributed by atoms with Crippen LogP contribution in [-0.4, -0.2) is 28.7 Å². The van der Waals surface area contributed by atoms with Gasteiger partial charge in [-0.1, -0.05) is 6.92 Å². The van der Waals surface area contributed by atoms with E-state index in [0.717, 1.165) is 31.2 Å².